The number of nitrogens with one attached hydrogen (secondary N) is 2. The number of aromatic nitrogens is 2. The number of fused-ring (bicyclic) bond motifs is 1. The molecule has 0 saturated heterocycles. The average molecular weight is 446 g/mol. The standard InChI is InChI=1S/C22H21F3N4O3/c1-21(2,3)29-20-27-16(13-5-4-6-15(9-13)32-22(23,24)25)11-19(28-20)26-14-7-8-17-18(10-14)31-12-30-17/h4-11H,12H2,1-3H3,(H2,26,27,28,29). The zero-order valence-corrected chi connectivity index (χ0v) is 17.6. The second-order valence-corrected chi connectivity index (χ2v) is 8.11. The third kappa shape index (κ3) is 5.51. The molecule has 10 heteroatoms. The van der Waals surface area contributed by atoms with Crippen molar-refractivity contribution in [1.82, 2.24) is 9.97 Å². The molecule has 0 unspecified atom stereocenters. The highest BCUT2D eigenvalue weighted by Crippen LogP contribution is 2.35. The van der Waals surface area contributed by atoms with Gasteiger partial charge in [0.15, 0.2) is 11.5 Å². The van der Waals surface area contributed by atoms with Gasteiger partial charge in [-0.05, 0) is 45.0 Å². The second kappa shape index (κ2) is 8.10. The molecule has 0 bridgehead atoms. The van der Waals surface area contributed by atoms with Crippen molar-refractivity contribution in [3.8, 4) is 28.5 Å². The number of rotatable bonds is 5. The Labute approximate surface area is 182 Å². The Morgan fingerprint density at radius 2 is 1.72 bits per heavy atom. The van der Waals surface area contributed by atoms with Crippen LogP contribution in [0.1, 0.15) is 20.8 Å². The minimum Gasteiger partial charge on any atom is -0.454 e. The molecule has 0 atom stereocenters. The molecule has 0 fully saturated rings. The lowest BCUT2D eigenvalue weighted by Gasteiger charge is -2.21. The summed E-state index contributed by atoms with van der Waals surface area (Å²) in [5.74, 6) is 1.69. The maximum atomic E-state index is 12.6. The van der Waals surface area contributed by atoms with E-state index in [1.165, 1.54) is 18.2 Å². The summed E-state index contributed by atoms with van der Waals surface area (Å²) in [5, 5.41) is 6.38. The van der Waals surface area contributed by atoms with Gasteiger partial charge in [0.25, 0.3) is 0 Å². The lowest BCUT2D eigenvalue weighted by Crippen LogP contribution is -2.27. The first-order valence-corrected chi connectivity index (χ1v) is 9.74. The minimum atomic E-state index is -4.78. The van der Waals surface area contributed by atoms with E-state index in [4.69, 9.17) is 9.47 Å². The van der Waals surface area contributed by atoms with E-state index < -0.39 is 6.36 Å². The second-order valence-electron chi connectivity index (χ2n) is 8.11. The van der Waals surface area contributed by atoms with Crippen LogP contribution in [-0.4, -0.2) is 28.7 Å². The fourth-order valence-electron chi connectivity index (χ4n) is 3.03. The molecule has 1 aliphatic rings. The van der Waals surface area contributed by atoms with Crippen LogP contribution < -0.4 is 24.8 Å². The molecule has 0 saturated carbocycles. The first-order valence-electron chi connectivity index (χ1n) is 9.74. The van der Waals surface area contributed by atoms with Crippen LogP contribution >= 0.6 is 0 Å². The predicted octanol–water partition coefficient (Wildman–Crippen LogP) is 5.72. The van der Waals surface area contributed by atoms with E-state index in [1.807, 2.05) is 26.8 Å². The highest BCUT2D eigenvalue weighted by Gasteiger charge is 2.31. The summed E-state index contributed by atoms with van der Waals surface area (Å²) in [4.78, 5) is 8.98. The number of nitrogens with zero attached hydrogens (tertiary/aromatic N) is 2. The molecular weight excluding hydrogens is 425 g/mol. The summed E-state index contributed by atoms with van der Waals surface area (Å²) in [6, 6.07) is 12.6. The molecule has 1 aliphatic heterocycles. The summed E-state index contributed by atoms with van der Waals surface area (Å²) in [6.07, 6.45) is -4.78. The zero-order valence-electron chi connectivity index (χ0n) is 17.6. The van der Waals surface area contributed by atoms with Crippen LogP contribution in [0.3, 0.4) is 0 Å². The SMILES string of the molecule is CC(C)(C)Nc1nc(Nc2ccc3c(c2)OCO3)cc(-c2cccc(OC(F)(F)F)c2)n1. The van der Waals surface area contributed by atoms with Crippen LogP contribution in [-0.2, 0) is 0 Å². The van der Waals surface area contributed by atoms with Gasteiger partial charge < -0.3 is 24.8 Å². The van der Waals surface area contributed by atoms with Crippen molar-refractivity contribution in [3.63, 3.8) is 0 Å². The van der Waals surface area contributed by atoms with Crippen LogP contribution in [0.5, 0.6) is 17.2 Å². The molecule has 4 rings (SSSR count). The van der Waals surface area contributed by atoms with Gasteiger partial charge in [0.05, 0.1) is 5.69 Å². The van der Waals surface area contributed by atoms with Crippen LogP contribution in [0.25, 0.3) is 11.3 Å². The van der Waals surface area contributed by atoms with E-state index in [0.29, 0.717) is 40.2 Å². The maximum Gasteiger partial charge on any atom is 0.573 e. The van der Waals surface area contributed by atoms with Gasteiger partial charge in [0, 0.05) is 28.9 Å². The predicted molar refractivity (Wildman–Crippen MR) is 113 cm³/mol. The van der Waals surface area contributed by atoms with E-state index in [1.54, 1.807) is 24.3 Å². The van der Waals surface area contributed by atoms with Gasteiger partial charge in [-0.15, -0.1) is 13.2 Å². The minimum absolute atomic E-state index is 0.159. The van der Waals surface area contributed by atoms with E-state index >= 15 is 0 Å². The van der Waals surface area contributed by atoms with Crippen LogP contribution in [0.2, 0.25) is 0 Å². The van der Waals surface area contributed by atoms with Crippen molar-refractivity contribution in [1.29, 1.82) is 0 Å². The Morgan fingerprint density at radius 3 is 2.47 bits per heavy atom. The maximum absolute atomic E-state index is 12.6. The first-order chi connectivity index (χ1) is 15.0. The van der Waals surface area contributed by atoms with Crippen molar-refractivity contribution in [3.05, 3.63) is 48.5 Å². The molecule has 3 aromatic rings. The number of halogens is 3. The van der Waals surface area contributed by atoms with Crippen LogP contribution in [0.15, 0.2) is 48.5 Å². The third-order valence-electron chi connectivity index (χ3n) is 4.22. The molecular formula is C22H21F3N4O3. The molecule has 2 heterocycles. The molecule has 0 amide bonds. The van der Waals surface area contributed by atoms with Crippen molar-refractivity contribution in [2.75, 3.05) is 17.4 Å². The number of anilines is 3. The lowest BCUT2D eigenvalue weighted by molar-refractivity contribution is -0.274. The van der Waals surface area contributed by atoms with E-state index in [2.05, 4.69) is 25.3 Å². The van der Waals surface area contributed by atoms with E-state index in [-0.39, 0.29) is 18.1 Å². The summed E-state index contributed by atoms with van der Waals surface area (Å²) < 4.78 is 52.7. The Morgan fingerprint density at radius 1 is 0.938 bits per heavy atom. The largest absolute Gasteiger partial charge is 0.573 e. The fraction of sp³-hybridized carbons (Fsp3) is 0.273. The monoisotopic (exact) mass is 446 g/mol. The van der Waals surface area contributed by atoms with Crippen molar-refractivity contribution < 1.29 is 27.4 Å². The molecule has 2 aromatic carbocycles. The van der Waals surface area contributed by atoms with E-state index in [0.717, 1.165) is 0 Å². The van der Waals surface area contributed by atoms with Gasteiger partial charge in [0.2, 0.25) is 12.7 Å². The topological polar surface area (TPSA) is 77.5 Å². The number of hydrogen-bond donors (Lipinski definition) is 2. The zero-order chi connectivity index (χ0) is 22.9. The molecule has 0 spiro atoms. The smallest absolute Gasteiger partial charge is 0.454 e. The van der Waals surface area contributed by atoms with Crippen LogP contribution in [0.4, 0.5) is 30.6 Å². The first kappa shape index (κ1) is 21.5. The molecule has 32 heavy (non-hydrogen) atoms. The Kier molecular flexibility index (Phi) is 5.45. The normalized spacial score (nSPS) is 13.1. The van der Waals surface area contributed by atoms with Crippen molar-refractivity contribution in [2.24, 2.45) is 0 Å². The van der Waals surface area contributed by atoms with Gasteiger partial charge in [-0.3, -0.25) is 0 Å². The van der Waals surface area contributed by atoms with Crippen LogP contribution in [0, 0.1) is 0 Å². The van der Waals surface area contributed by atoms with Gasteiger partial charge in [-0.25, -0.2) is 4.98 Å². The van der Waals surface area contributed by atoms with Crippen molar-refractivity contribution >= 4 is 17.5 Å². The molecule has 0 radical (unpaired) electrons. The molecule has 0 aliphatic carbocycles. The summed E-state index contributed by atoms with van der Waals surface area (Å²) in [5.41, 5.74) is 1.23. The Hall–Kier alpha value is -3.69. The Balaban J connectivity index is 1.69. The molecule has 7 nitrogen and oxygen atoms in total. The molecule has 1 aromatic heterocycles. The van der Waals surface area contributed by atoms with E-state index in [9.17, 15) is 13.2 Å². The number of alkyl halides is 3. The quantitative estimate of drug-likeness (QED) is 0.519. The Bertz CT molecular complexity index is 1130. The highest BCUT2D eigenvalue weighted by atomic mass is 19.4. The summed E-state index contributed by atoms with van der Waals surface area (Å²) in [6.45, 7) is 6.01. The number of ether oxygens (including phenoxy) is 3. The third-order valence-corrected chi connectivity index (χ3v) is 4.22. The van der Waals surface area contributed by atoms with Crippen molar-refractivity contribution in [2.45, 2.75) is 32.7 Å². The highest BCUT2D eigenvalue weighted by molar-refractivity contribution is 5.69. The number of benzene rings is 2. The van der Waals surface area contributed by atoms with Gasteiger partial charge >= 0.3 is 6.36 Å². The lowest BCUT2D eigenvalue weighted by atomic mass is 10.1. The fourth-order valence-corrected chi connectivity index (χ4v) is 3.03. The molecule has 168 valence electrons. The van der Waals surface area contributed by atoms with Gasteiger partial charge in [-0.1, -0.05) is 12.1 Å². The number of hydrogen-bond acceptors (Lipinski definition) is 7. The van der Waals surface area contributed by atoms with Gasteiger partial charge in [-0.2, -0.15) is 4.98 Å². The molecule has 2 N–H and O–H groups in total. The average Bonchev–Trinajstić information content (AvgIpc) is 3.13. The van der Waals surface area contributed by atoms with Gasteiger partial charge in [0.1, 0.15) is 11.6 Å². The summed E-state index contributed by atoms with van der Waals surface area (Å²) in [7, 11) is 0. The summed E-state index contributed by atoms with van der Waals surface area (Å²) >= 11 is 0.